The van der Waals surface area contributed by atoms with Crippen LogP contribution in [0.4, 0.5) is 0 Å². The molecule has 1 aliphatic heterocycles. The first-order chi connectivity index (χ1) is 10.5. The van der Waals surface area contributed by atoms with Crippen LogP contribution in [0, 0.1) is 17.8 Å². The lowest BCUT2D eigenvalue weighted by molar-refractivity contribution is 0.139. The highest BCUT2D eigenvalue weighted by Gasteiger charge is 2.31. The highest BCUT2D eigenvalue weighted by molar-refractivity contribution is 5.31. The van der Waals surface area contributed by atoms with Crippen LogP contribution >= 0.6 is 0 Å². The molecule has 0 amide bonds. The molecule has 2 heteroatoms. The summed E-state index contributed by atoms with van der Waals surface area (Å²) in [5, 5.41) is 9.99. The van der Waals surface area contributed by atoms with E-state index in [1.54, 1.807) is 13.8 Å². The van der Waals surface area contributed by atoms with Gasteiger partial charge in [0.2, 0.25) is 0 Å². The zero-order chi connectivity index (χ0) is 15.6. The molecule has 1 aliphatic carbocycles. The summed E-state index contributed by atoms with van der Waals surface area (Å²) < 4.78 is 0. The summed E-state index contributed by atoms with van der Waals surface area (Å²) in [6.45, 7) is 5.54. The Morgan fingerprint density at radius 3 is 2.23 bits per heavy atom. The maximum Gasteiger partial charge on any atom is 0.120 e. The van der Waals surface area contributed by atoms with Crippen molar-refractivity contribution in [3.63, 3.8) is 0 Å². The largest absolute Gasteiger partial charge is 0.378 e. The van der Waals surface area contributed by atoms with E-state index < -0.39 is 5.60 Å². The third-order valence-corrected chi connectivity index (χ3v) is 4.88. The molecule has 0 saturated heterocycles. The lowest BCUT2D eigenvalue weighted by Gasteiger charge is -2.33. The predicted molar refractivity (Wildman–Crippen MR) is 90.1 cm³/mol. The van der Waals surface area contributed by atoms with Crippen LogP contribution in [0.25, 0.3) is 0 Å². The number of hydrogen-bond acceptors (Lipinski definition) is 2. The quantitative estimate of drug-likeness (QED) is 0.841. The van der Waals surface area contributed by atoms with E-state index in [1.165, 1.54) is 43.2 Å². The van der Waals surface area contributed by atoms with Gasteiger partial charge in [0, 0.05) is 13.1 Å². The molecule has 1 fully saturated rings. The smallest absolute Gasteiger partial charge is 0.120 e. The molecule has 0 bridgehead atoms. The molecule has 0 spiro atoms. The van der Waals surface area contributed by atoms with E-state index in [-0.39, 0.29) is 6.04 Å². The molecule has 1 N–H and O–H groups in total. The molecule has 2 nitrogen and oxygen atoms in total. The summed E-state index contributed by atoms with van der Waals surface area (Å²) in [6.07, 6.45) is 6.57. The Kier molecular flexibility index (Phi) is 4.57. The Bertz CT molecular complexity index is 544. The third-order valence-electron chi connectivity index (χ3n) is 4.88. The molecular weight excluding hydrogens is 270 g/mol. The fourth-order valence-corrected chi connectivity index (χ4v) is 3.76. The fourth-order valence-electron chi connectivity index (χ4n) is 3.76. The van der Waals surface area contributed by atoms with Crippen LogP contribution in [0.1, 0.15) is 57.1 Å². The molecule has 1 saturated carbocycles. The monoisotopic (exact) mass is 297 g/mol. The highest BCUT2D eigenvalue weighted by Crippen LogP contribution is 2.33. The summed E-state index contributed by atoms with van der Waals surface area (Å²) in [5.74, 6) is 7.17. The maximum absolute atomic E-state index is 9.99. The van der Waals surface area contributed by atoms with Gasteiger partial charge in [0.15, 0.2) is 0 Å². The van der Waals surface area contributed by atoms with Crippen LogP contribution in [-0.2, 0) is 13.1 Å². The van der Waals surface area contributed by atoms with Gasteiger partial charge in [0.25, 0.3) is 0 Å². The maximum atomic E-state index is 9.99. The summed E-state index contributed by atoms with van der Waals surface area (Å²) >= 11 is 0. The van der Waals surface area contributed by atoms with Crippen LogP contribution in [0.3, 0.4) is 0 Å². The van der Waals surface area contributed by atoms with Crippen molar-refractivity contribution >= 4 is 0 Å². The van der Waals surface area contributed by atoms with Crippen molar-refractivity contribution in [3.05, 3.63) is 35.4 Å². The van der Waals surface area contributed by atoms with Crippen LogP contribution in [-0.4, -0.2) is 21.6 Å². The van der Waals surface area contributed by atoms with Crippen LogP contribution in [0.15, 0.2) is 24.3 Å². The Morgan fingerprint density at radius 1 is 1.09 bits per heavy atom. The average molecular weight is 297 g/mol. The molecular formula is C20H27NO. The minimum absolute atomic E-state index is 0.277. The van der Waals surface area contributed by atoms with Gasteiger partial charge in [-0.25, -0.2) is 0 Å². The van der Waals surface area contributed by atoms with Gasteiger partial charge in [-0.2, -0.15) is 0 Å². The first-order valence-electron chi connectivity index (χ1n) is 8.59. The van der Waals surface area contributed by atoms with Gasteiger partial charge < -0.3 is 5.11 Å². The van der Waals surface area contributed by atoms with Gasteiger partial charge in [-0.1, -0.05) is 55.4 Å². The predicted octanol–water partition coefficient (Wildman–Crippen LogP) is 3.73. The van der Waals surface area contributed by atoms with Crippen molar-refractivity contribution in [3.8, 4) is 11.8 Å². The van der Waals surface area contributed by atoms with Crippen LogP contribution in [0.5, 0.6) is 0 Å². The van der Waals surface area contributed by atoms with Gasteiger partial charge in [-0.05, 0) is 43.7 Å². The molecule has 1 aromatic carbocycles. The van der Waals surface area contributed by atoms with E-state index in [0.29, 0.717) is 5.92 Å². The Hall–Kier alpha value is -1.30. The molecule has 1 heterocycles. The van der Waals surface area contributed by atoms with E-state index in [1.807, 2.05) is 0 Å². The zero-order valence-corrected chi connectivity index (χ0v) is 13.8. The molecule has 22 heavy (non-hydrogen) atoms. The molecule has 0 radical (unpaired) electrons. The standard InChI is InChI=1S/C20H27NO/c1-20(2,22)13-12-19(16-8-4-3-5-9-16)21-14-17-10-6-7-11-18(17)15-21/h6-7,10-11,16,19,22H,3-5,8-9,14-15H2,1-2H3. The minimum Gasteiger partial charge on any atom is -0.378 e. The summed E-state index contributed by atoms with van der Waals surface area (Å²) in [4.78, 5) is 2.51. The third kappa shape index (κ3) is 3.72. The summed E-state index contributed by atoms with van der Waals surface area (Å²) in [5.41, 5.74) is 1.97. The van der Waals surface area contributed by atoms with Crippen molar-refractivity contribution in [1.29, 1.82) is 0 Å². The average Bonchev–Trinajstić information content (AvgIpc) is 2.91. The van der Waals surface area contributed by atoms with Crippen molar-refractivity contribution < 1.29 is 5.11 Å². The van der Waals surface area contributed by atoms with Crippen LogP contribution < -0.4 is 0 Å². The van der Waals surface area contributed by atoms with Gasteiger partial charge in [-0.15, -0.1) is 0 Å². The number of nitrogens with zero attached hydrogens (tertiary/aromatic N) is 1. The van der Waals surface area contributed by atoms with E-state index in [9.17, 15) is 5.11 Å². The van der Waals surface area contributed by atoms with Crippen LogP contribution in [0.2, 0.25) is 0 Å². The van der Waals surface area contributed by atoms with E-state index in [4.69, 9.17) is 0 Å². The van der Waals surface area contributed by atoms with Crippen molar-refractivity contribution in [2.45, 2.75) is 70.7 Å². The topological polar surface area (TPSA) is 23.5 Å². The molecule has 3 rings (SSSR count). The number of rotatable bonds is 2. The molecule has 1 atom stereocenters. The minimum atomic E-state index is -0.903. The second kappa shape index (κ2) is 6.44. The Balaban J connectivity index is 1.81. The molecule has 1 aromatic rings. The van der Waals surface area contributed by atoms with E-state index in [0.717, 1.165) is 13.1 Å². The first kappa shape index (κ1) is 15.6. The lowest BCUT2D eigenvalue weighted by Crippen LogP contribution is -2.37. The summed E-state index contributed by atoms with van der Waals surface area (Å²) in [6, 6.07) is 8.99. The zero-order valence-electron chi connectivity index (χ0n) is 13.8. The Morgan fingerprint density at radius 2 is 1.68 bits per heavy atom. The Labute approximate surface area is 134 Å². The number of fused-ring (bicyclic) bond motifs is 1. The van der Waals surface area contributed by atoms with Gasteiger partial charge >= 0.3 is 0 Å². The van der Waals surface area contributed by atoms with Crippen molar-refractivity contribution in [2.24, 2.45) is 5.92 Å². The normalized spacial score (nSPS) is 21.0. The first-order valence-corrected chi connectivity index (χ1v) is 8.59. The van der Waals surface area contributed by atoms with E-state index >= 15 is 0 Å². The summed E-state index contributed by atoms with van der Waals surface area (Å²) in [7, 11) is 0. The van der Waals surface area contributed by atoms with Crippen molar-refractivity contribution in [2.75, 3.05) is 0 Å². The number of hydrogen-bond donors (Lipinski definition) is 1. The second-order valence-electron chi connectivity index (χ2n) is 7.34. The molecule has 1 unspecified atom stereocenters. The lowest BCUT2D eigenvalue weighted by atomic mass is 9.83. The highest BCUT2D eigenvalue weighted by atomic mass is 16.3. The SMILES string of the molecule is CC(C)(O)C#CC(C1CCCCC1)N1Cc2ccccc2C1. The second-order valence-corrected chi connectivity index (χ2v) is 7.34. The van der Waals surface area contributed by atoms with Crippen molar-refractivity contribution in [1.82, 2.24) is 4.90 Å². The molecule has 118 valence electrons. The molecule has 0 aromatic heterocycles. The van der Waals surface area contributed by atoms with Gasteiger partial charge in [0.1, 0.15) is 5.60 Å². The van der Waals surface area contributed by atoms with Gasteiger partial charge in [0.05, 0.1) is 6.04 Å². The fraction of sp³-hybridized carbons (Fsp3) is 0.600. The molecule has 2 aliphatic rings. The van der Waals surface area contributed by atoms with E-state index in [2.05, 4.69) is 41.0 Å². The number of benzene rings is 1. The van der Waals surface area contributed by atoms with Gasteiger partial charge in [-0.3, -0.25) is 4.90 Å². The number of aliphatic hydroxyl groups is 1.